The van der Waals surface area contributed by atoms with Crippen molar-refractivity contribution in [2.75, 3.05) is 11.9 Å². The molecule has 0 saturated heterocycles. The molecule has 0 bridgehead atoms. The fraction of sp³-hybridized carbons (Fsp3) is 0.412. The van der Waals surface area contributed by atoms with Gasteiger partial charge in [0.05, 0.1) is 12.1 Å². The maximum atomic E-state index is 14.1. The van der Waals surface area contributed by atoms with Crippen molar-refractivity contribution in [3.8, 4) is 0 Å². The van der Waals surface area contributed by atoms with Gasteiger partial charge < -0.3 is 10.1 Å². The van der Waals surface area contributed by atoms with Crippen LogP contribution < -0.4 is 5.32 Å². The molecular weight excluding hydrogens is 300 g/mol. The molecule has 23 heavy (non-hydrogen) atoms. The second-order valence-electron chi connectivity index (χ2n) is 5.71. The molecule has 1 aliphatic rings. The van der Waals surface area contributed by atoms with Gasteiger partial charge in [0.15, 0.2) is 0 Å². The number of anilines is 1. The Morgan fingerprint density at radius 1 is 1.17 bits per heavy atom. The van der Waals surface area contributed by atoms with E-state index in [0.29, 0.717) is 32.0 Å². The fourth-order valence-corrected chi connectivity index (χ4v) is 2.85. The van der Waals surface area contributed by atoms with E-state index < -0.39 is 17.2 Å². The van der Waals surface area contributed by atoms with Crippen molar-refractivity contribution >= 4 is 5.95 Å². The normalized spacial score (nSPS) is 16.0. The van der Waals surface area contributed by atoms with Crippen LogP contribution in [-0.2, 0) is 16.9 Å². The van der Waals surface area contributed by atoms with Gasteiger partial charge in [-0.2, -0.15) is 0 Å². The average molecular weight is 319 g/mol. The summed E-state index contributed by atoms with van der Waals surface area (Å²) in [6, 6.07) is 3.94. The van der Waals surface area contributed by atoms with Crippen LogP contribution in [0.5, 0.6) is 0 Å². The average Bonchev–Trinajstić information content (AvgIpc) is 2.51. The quantitative estimate of drug-likeness (QED) is 0.880. The van der Waals surface area contributed by atoms with Crippen molar-refractivity contribution in [2.45, 2.75) is 38.3 Å². The van der Waals surface area contributed by atoms with Gasteiger partial charge in [-0.3, -0.25) is 0 Å². The monoisotopic (exact) mass is 319 g/mol. The molecule has 1 saturated carbocycles. The Hall–Kier alpha value is -2.08. The second-order valence-corrected chi connectivity index (χ2v) is 5.71. The zero-order valence-electron chi connectivity index (χ0n) is 13.0. The highest BCUT2D eigenvalue weighted by atomic mass is 19.1. The highest BCUT2D eigenvalue weighted by molar-refractivity contribution is 5.40. The largest absolute Gasteiger partial charge is 0.377 e. The molecule has 1 aromatic carbocycles. The fourth-order valence-electron chi connectivity index (χ4n) is 2.85. The lowest BCUT2D eigenvalue weighted by Crippen LogP contribution is -2.44. The zero-order chi connectivity index (χ0) is 16.3. The van der Waals surface area contributed by atoms with Crippen molar-refractivity contribution in [1.29, 1.82) is 0 Å². The highest BCUT2D eigenvalue weighted by Crippen LogP contribution is 2.45. The highest BCUT2D eigenvalue weighted by Gasteiger charge is 2.43. The summed E-state index contributed by atoms with van der Waals surface area (Å²) < 4.78 is 33.6. The van der Waals surface area contributed by atoms with Crippen LogP contribution in [-0.4, -0.2) is 16.6 Å². The van der Waals surface area contributed by atoms with Crippen molar-refractivity contribution in [3.63, 3.8) is 0 Å². The summed E-state index contributed by atoms with van der Waals surface area (Å²) in [5.41, 5.74) is 0.169. The number of nitrogens with zero attached hydrogens (tertiary/aromatic N) is 2. The van der Waals surface area contributed by atoms with Gasteiger partial charge in [-0.25, -0.2) is 18.7 Å². The minimum Gasteiger partial charge on any atom is -0.377 e. The standard InChI is InChI=1S/C17H19F2N3O/c1-2-23-11-12-9-20-16(21-10-12)22-17(7-4-8-17)15-13(18)5-3-6-14(15)19/h3,5-6,9-10H,2,4,7-8,11H2,1H3,(H,20,21,22). The van der Waals surface area contributed by atoms with E-state index in [-0.39, 0.29) is 5.56 Å². The van der Waals surface area contributed by atoms with Gasteiger partial charge >= 0.3 is 0 Å². The Morgan fingerprint density at radius 3 is 2.35 bits per heavy atom. The first kappa shape index (κ1) is 15.8. The smallest absolute Gasteiger partial charge is 0.223 e. The Kier molecular flexibility index (Phi) is 4.52. The van der Waals surface area contributed by atoms with Crippen LogP contribution in [0.15, 0.2) is 30.6 Å². The van der Waals surface area contributed by atoms with Crippen molar-refractivity contribution in [2.24, 2.45) is 0 Å². The number of hydrogen-bond acceptors (Lipinski definition) is 4. The van der Waals surface area contributed by atoms with Crippen LogP contribution in [0.2, 0.25) is 0 Å². The third kappa shape index (κ3) is 3.17. The number of ether oxygens (including phenoxy) is 1. The lowest BCUT2D eigenvalue weighted by molar-refractivity contribution is 0.133. The Labute approximate surface area is 133 Å². The summed E-state index contributed by atoms with van der Waals surface area (Å²) in [4.78, 5) is 8.47. The van der Waals surface area contributed by atoms with E-state index in [0.717, 1.165) is 12.0 Å². The molecule has 2 aromatic rings. The molecule has 0 radical (unpaired) electrons. The first-order valence-electron chi connectivity index (χ1n) is 7.76. The summed E-state index contributed by atoms with van der Waals surface area (Å²) in [5.74, 6) is -0.706. The van der Waals surface area contributed by atoms with E-state index in [1.165, 1.54) is 18.2 Å². The Bertz CT molecular complexity index is 652. The number of halogens is 2. The van der Waals surface area contributed by atoms with E-state index >= 15 is 0 Å². The molecule has 0 aliphatic heterocycles. The van der Waals surface area contributed by atoms with Gasteiger partial charge in [-0.15, -0.1) is 0 Å². The summed E-state index contributed by atoms with van der Waals surface area (Å²) in [5, 5.41) is 3.13. The van der Waals surface area contributed by atoms with Crippen LogP contribution >= 0.6 is 0 Å². The number of aromatic nitrogens is 2. The minimum absolute atomic E-state index is 0.0771. The predicted molar refractivity (Wildman–Crippen MR) is 82.9 cm³/mol. The first-order valence-corrected chi connectivity index (χ1v) is 7.76. The van der Waals surface area contributed by atoms with Gasteiger partial charge in [0.25, 0.3) is 0 Å². The number of nitrogens with one attached hydrogen (secondary N) is 1. The molecule has 0 unspecified atom stereocenters. The Morgan fingerprint density at radius 2 is 1.83 bits per heavy atom. The second kappa shape index (κ2) is 6.58. The van der Waals surface area contributed by atoms with Crippen molar-refractivity contribution in [3.05, 3.63) is 53.4 Å². The summed E-state index contributed by atoms with van der Waals surface area (Å²) in [6.07, 6.45) is 5.52. The summed E-state index contributed by atoms with van der Waals surface area (Å²) in [7, 11) is 0. The molecule has 3 rings (SSSR count). The van der Waals surface area contributed by atoms with Gasteiger partial charge in [0, 0.05) is 30.1 Å². The van der Waals surface area contributed by atoms with Gasteiger partial charge in [-0.1, -0.05) is 6.07 Å². The van der Waals surface area contributed by atoms with E-state index in [1.54, 1.807) is 12.4 Å². The third-order valence-corrected chi connectivity index (χ3v) is 4.18. The molecule has 122 valence electrons. The number of hydrogen-bond donors (Lipinski definition) is 1. The van der Waals surface area contributed by atoms with E-state index in [1.807, 2.05) is 6.92 Å². The van der Waals surface area contributed by atoms with Crippen molar-refractivity contribution in [1.82, 2.24) is 9.97 Å². The van der Waals surface area contributed by atoms with E-state index in [2.05, 4.69) is 15.3 Å². The van der Waals surface area contributed by atoms with Crippen LogP contribution in [0.4, 0.5) is 14.7 Å². The number of rotatable bonds is 6. The maximum absolute atomic E-state index is 14.1. The third-order valence-electron chi connectivity index (χ3n) is 4.18. The molecule has 4 nitrogen and oxygen atoms in total. The van der Waals surface area contributed by atoms with E-state index in [4.69, 9.17) is 4.74 Å². The molecule has 1 N–H and O–H groups in total. The molecule has 1 aromatic heterocycles. The molecule has 0 atom stereocenters. The number of benzene rings is 1. The minimum atomic E-state index is -0.767. The molecule has 0 amide bonds. The van der Waals surface area contributed by atoms with Gasteiger partial charge in [-0.05, 0) is 38.3 Å². The van der Waals surface area contributed by atoms with Gasteiger partial charge in [0.2, 0.25) is 5.95 Å². The van der Waals surface area contributed by atoms with Crippen molar-refractivity contribution < 1.29 is 13.5 Å². The predicted octanol–water partition coefficient (Wildman–Crippen LogP) is 3.78. The van der Waals surface area contributed by atoms with Crippen LogP contribution in [0.25, 0.3) is 0 Å². The SMILES string of the molecule is CCOCc1cnc(NC2(c3c(F)cccc3F)CCC2)nc1. The van der Waals surface area contributed by atoms with Crippen LogP contribution in [0.1, 0.15) is 37.3 Å². The molecule has 1 heterocycles. The molecule has 0 spiro atoms. The van der Waals surface area contributed by atoms with Crippen LogP contribution in [0.3, 0.4) is 0 Å². The summed E-state index contributed by atoms with van der Waals surface area (Å²) in [6.45, 7) is 2.99. The topological polar surface area (TPSA) is 47.0 Å². The van der Waals surface area contributed by atoms with E-state index in [9.17, 15) is 8.78 Å². The summed E-state index contributed by atoms with van der Waals surface area (Å²) >= 11 is 0. The van der Waals surface area contributed by atoms with Gasteiger partial charge in [0.1, 0.15) is 11.6 Å². The van der Waals surface area contributed by atoms with Crippen LogP contribution in [0, 0.1) is 11.6 Å². The zero-order valence-corrected chi connectivity index (χ0v) is 13.0. The lowest BCUT2D eigenvalue weighted by Gasteiger charge is -2.43. The Balaban J connectivity index is 1.82. The molecular formula is C17H19F2N3O. The maximum Gasteiger partial charge on any atom is 0.223 e. The molecule has 6 heteroatoms. The molecule has 1 fully saturated rings. The molecule has 1 aliphatic carbocycles. The lowest BCUT2D eigenvalue weighted by atomic mass is 9.71. The first-order chi connectivity index (χ1) is 11.1.